The van der Waals surface area contributed by atoms with E-state index in [4.69, 9.17) is 0 Å². The fourth-order valence-corrected chi connectivity index (χ4v) is 4.06. The first kappa shape index (κ1) is 16.1. The zero-order valence-corrected chi connectivity index (χ0v) is 15.3. The lowest BCUT2D eigenvalue weighted by atomic mass is 10.1. The SMILES string of the molecule is CC(C)(C)NCc1ccc(SCc2cc(Br)cs2)cc1. The average Bonchev–Trinajstić information content (AvgIpc) is 2.80. The van der Waals surface area contributed by atoms with Crippen molar-refractivity contribution in [3.8, 4) is 0 Å². The summed E-state index contributed by atoms with van der Waals surface area (Å²) in [6.45, 7) is 7.50. The van der Waals surface area contributed by atoms with E-state index in [1.54, 1.807) is 11.3 Å². The number of halogens is 1. The monoisotopic (exact) mass is 369 g/mol. The molecule has 0 radical (unpaired) electrons. The van der Waals surface area contributed by atoms with Crippen LogP contribution in [0, 0.1) is 0 Å². The van der Waals surface area contributed by atoms with Crippen LogP contribution in [0.4, 0.5) is 0 Å². The average molecular weight is 370 g/mol. The maximum absolute atomic E-state index is 3.51. The van der Waals surface area contributed by atoms with Gasteiger partial charge in [-0.05, 0) is 60.5 Å². The molecule has 2 aromatic rings. The Bertz CT molecular complexity index is 540. The summed E-state index contributed by atoms with van der Waals surface area (Å²) in [5.74, 6) is 1.04. The van der Waals surface area contributed by atoms with Gasteiger partial charge in [0.1, 0.15) is 0 Å². The van der Waals surface area contributed by atoms with E-state index < -0.39 is 0 Å². The molecule has 0 aliphatic heterocycles. The van der Waals surface area contributed by atoms with E-state index in [1.165, 1.54) is 19.8 Å². The molecule has 0 spiro atoms. The Balaban J connectivity index is 1.85. The molecule has 1 N–H and O–H groups in total. The van der Waals surface area contributed by atoms with Crippen LogP contribution in [-0.2, 0) is 12.3 Å². The Kier molecular flexibility index (Phi) is 5.73. The number of hydrogen-bond acceptors (Lipinski definition) is 3. The van der Waals surface area contributed by atoms with Crippen molar-refractivity contribution in [3.63, 3.8) is 0 Å². The quantitative estimate of drug-likeness (QED) is 0.679. The second-order valence-electron chi connectivity index (χ2n) is 5.77. The van der Waals surface area contributed by atoms with Gasteiger partial charge in [-0.1, -0.05) is 12.1 Å². The van der Waals surface area contributed by atoms with Crippen LogP contribution in [-0.4, -0.2) is 5.54 Å². The summed E-state index contributed by atoms with van der Waals surface area (Å²) in [5, 5.41) is 5.64. The Morgan fingerprint density at radius 2 is 1.90 bits per heavy atom. The highest BCUT2D eigenvalue weighted by molar-refractivity contribution is 9.10. The highest BCUT2D eigenvalue weighted by Crippen LogP contribution is 2.28. The van der Waals surface area contributed by atoms with Gasteiger partial charge in [-0.2, -0.15) is 0 Å². The summed E-state index contributed by atoms with van der Waals surface area (Å²) in [6.07, 6.45) is 0. The largest absolute Gasteiger partial charge is 0.308 e. The molecule has 1 aromatic heterocycles. The number of nitrogens with one attached hydrogen (secondary N) is 1. The van der Waals surface area contributed by atoms with E-state index in [9.17, 15) is 0 Å². The van der Waals surface area contributed by atoms with Crippen LogP contribution >= 0.6 is 39.0 Å². The Morgan fingerprint density at radius 1 is 1.20 bits per heavy atom. The Labute approximate surface area is 138 Å². The van der Waals surface area contributed by atoms with Gasteiger partial charge in [0.25, 0.3) is 0 Å². The topological polar surface area (TPSA) is 12.0 Å². The van der Waals surface area contributed by atoms with Gasteiger partial charge in [-0.25, -0.2) is 0 Å². The molecular formula is C16H20BrNS2. The summed E-state index contributed by atoms with van der Waals surface area (Å²) in [5.41, 5.74) is 1.50. The van der Waals surface area contributed by atoms with Crippen molar-refractivity contribution in [2.24, 2.45) is 0 Å². The second-order valence-corrected chi connectivity index (χ2v) is 8.73. The van der Waals surface area contributed by atoms with Crippen LogP contribution in [0.1, 0.15) is 31.2 Å². The van der Waals surface area contributed by atoms with Crippen molar-refractivity contribution >= 4 is 39.0 Å². The third kappa shape index (κ3) is 5.60. The Morgan fingerprint density at radius 3 is 2.45 bits per heavy atom. The zero-order chi connectivity index (χ0) is 14.6. The molecule has 0 fully saturated rings. The van der Waals surface area contributed by atoms with Crippen molar-refractivity contribution in [1.82, 2.24) is 5.32 Å². The van der Waals surface area contributed by atoms with Crippen molar-refractivity contribution in [3.05, 3.63) is 50.6 Å². The van der Waals surface area contributed by atoms with E-state index in [-0.39, 0.29) is 5.54 Å². The van der Waals surface area contributed by atoms with E-state index in [1.807, 2.05) is 11.8 Å². The summed E-state index contributed by atoms with van der Waals surface area (Å²) in [6, 6.07) is 11.1. The van der Waals surface area contributed by atoms with Crippen LogP contribution in [0.3, 0.4) is 0 Å². The minimum Gasteiger partial charge on any atom is -0.308 e. The van der Waals surface area contributed by atoms with Gasteiger partial charge in [-0.3, -0.25) is 0 Å². The van der Waals surface area contributed by atoms with E-state index >= 15 is 0 Å². The lowest BCUT2D eigenvalue weighted by molar-refractivity contribution is 0.424. The third-order valence-corrected chi connectivity index (χ3v) is 5.69. The fraction of sp³-hybridized carbons (Fsp3) is 0.375. The van der Waals surface area contributed by atoms with E-state index in [0.717, 1.165) is 12.3 Å². The molecule has 0 aliphatic carbocycles. The maximum atomic E-state index is 3.51. The molecule has 1 aromatic carbocycles. The number of thiophene rings is 1. The predicted molar refractivity (Wildman–Crippen MR) is 94.6 cm³/mol. The van der Waals surface area contributed by atoms with Gasteiger partial charge in [-0.15, -0.1) is 23.1 Å². The summed E-state index contributed by atoms with van der Waals surface area (Å²) >= 11 is 7.19. The number of thioether (sulfide) groups is 1. The fourth-order valence-electron chi connectivity index (χ4n) is 1.65. The van der Waals surface area contributed by atoms with Crippen molar-refractivity contribution < 1.29 is 0 Å². The maximum Gasteiger partial charge on any atom is 0.0326 e. The van der Waals surface area contributed by atoms with Gasteiger partial charge in [0.05, 0.1) is 0 Å². The van der Waals surface area contributed by atoms with Crippen LogP contribution in [0.5, 0.6) is 0 Å². The molecule has 1 nitrogen and oxygen atoms in total. The first-order valence-electron chi connectivity index (χ1n) is 6.62. The molecule has 0 unspecified atom stereocenters. The smallest absolute Gasteiger partial charge is 0.0326 e. The van der Waals surface area contributed by atoms with Crippen molar-refractivity contribution in [2.75, 3.05) is 0 Å². The van der Waals surface area contributed by atoms with Gasteiger partial charge in [0, 0.05) is 37.5 Å². The first-order chi connectivity index (χ1) is 9.42. The number of benzene rings is 1. The van der Waals surface area contributed by atoms with Crippen molar-refractivity contribution in [2.45, 2.75) is 43.5 Å². The van der Waals surface area contributed by atoms with Gasteiger partial charge in [0.15, 0.2) is 0 Å². The van der Waals surface area contributed by atoms with Crippen LogP contribution < -0.4 is 5.32 Å². The van der Waals surface area contributed by atoms with Crippen LogP contribution in [0.15, 0.2) is 45.1 Å². The summed E-state index contributed by atoms with van der Waals surface area (Å²) in [4.78, 5) is 2.73. The normalized spacial score (nSPS) is 11.8. The lowest BCUT2D eigenvalue weighted by Gasteiger charge is -2.20. The summed E-state index contributed by atoms with van der Waals surface area (Å²) in [7, 11) is 0. The molecule has 0 atom stereocenters. The molecular weight excluding hydrogens is 350 g/mol. The van der Waals surface area contributed by atoms with E-state index in [0.29, 0.717) is 0 Å². The highest BCUT2D eigenvalue weighted by Gasteiger charge is 2.08. The lowest BCUT2D eigenvalue weighted by Crippen LogP contribution is -2.35. The first-order valence-corrected chi connectivity index (χ1v) is 9.28. The molecule has 0 bridgehead atoms. The van der Waals surface area contributed by atoms with Crippen molar-refractivity contribution in [1.29, 1.82) is 0 Å². The minimum atomic E-state index is 0.167. The highest BCUT2D eigenvalue weighted by atomic mass is 79.9. The molecule has 108 valence electrons. The van der Waals surface area contributed by atoms with Gasteiger partial charge < -0.3 is 5.32 Å². The Hall–Kier alpha value is -0.290. The zero-order valence-electron chi connectivity index (χ0n) is 12.1. The predicted octanol–water partition coefficient (Wildman–Crippen LogP) is 5.69. The van der Waals surface area contributed by atoms with E-state index in [2.05, 4.69) is 77.7 Å². The minimum absolute atomic E-state index is 0.167. The van der Waals surface area contributed by atoms with Gasteiger partial charge in [0.2, 0.25) is 0 Å². The molecule has 1 heterocycles. The second kappa shape index (κ2) is 7.12. The number of hydrogen-bond donors (Lipinski definition) is 1. The molecule has 4 heteroatoms. The summed E-state index contributed by atoms with van der Waals surface area (Å²) < 4.78 is 1.18. The number of rotatable bonds is 5. The van der Waals surface area contributed by atoms with Crippen LogP contribution in [0.2, 0.25) is 0 Å². The molecule has 0 aliphatic rings. The van der Waals surface area contributed by atoms with Crippen LogP contribution in [0.25, 0.3) is 0 Å². The standard InChI is InChI=1S/C16H20BrNS2/c1-16(2,3)18-9-12-4-6-14(7-5-12)20-11-15-8-13(17)10-19-15/h4-8,10,18H,9,11H2,1-3H3. The third-order valence-electron chi connectivity index (χ3n) is 2.75. The van der Waals surface area contributed by atoms with Gasteiger partial charge >= 0.3 is 0 Å². The molecule has 20 heavy (non-hydrogen) atoms. The molecule has 0 amide bonds. The molecule has 2 rings (SSSR count). The molecule has 0 saturated carbocycles. The molecule has 0 saturated heterocycles.